The van der Waals surface area contributed by atoms with Crippen LogP contribution in [0.3, 0.4) is 0 Å². The maximum absolute atomic E-state index is 3.55. The van der Waals surface area contributed by atoms with Crippen molar-refractivity contribution in [2.75, 3.05) is 6.54 Å². The Morgan fingerprint density at radius 2 is 2.06 bits per heavy atom. The Labute approximate surface area is 99.6 Å². The summed E-state index contributed by atoms with van der Waals surface area (Å²) < 4.78 is 0. The number of allylic oxidation sites excluding steroid dienone is 1. The van der Waals surface area contributed by atoms with E-state index in [1.54, 1.807) is 0 Å². The number of rotatable bonds is 5. The minimum Gasteiger partial charge on any atom is -0.310 e. The van der Waals surface area contributed by atoms with Crippen LogP contribution in [-0.4, -0.2) is 6.54 Å². The van der Waals surface area contributed by atoms with Crippen molar-refractivity contribution in [3.8, 4) is 0 Å². The molecular formula is C15H23N. The Bertz CT molecular complexity index is 352. The van der Waals surface area contributed by atoms with E-state index in [9.17, 15) is 0 Å². The third-order valence-corrected chi connectivity index (χ3v) is 3.11. The van der Waals surface area contributed by atoms with Crippen LogP contribution >= 0.6 is 0 Å². The SMILES string of the molecule is C/C=C/CCNC(C)c1cccc(C)c1C. The fraction of sp³-hybridized carbons (Fsp3) is 0.467. The summed E-state index contributed by atoms with van der Waals surface area (Å²) in [6.07, 6.45) is 5.40. The van der Waals surface area contributed by atoms with Gasteiger partial charge in [0.05, 0.1) is 0 Å². The fourth-order valence-corrected chi connectivity index (χ4v) is 1.90. The average Bonchev–Trinajstić information content (AvgIpc) is 2.28. The highest BCUT2D eigenvalue weighted by Crippen LogP contribution is 2.19. The Morgan fingerprint density at radius 1 is 1.31 bits per heavy atom. The molecule has 1 N–H and O–H groups in total. The lowest BCUT2D eigenvalue weighted by molar-refractivity contribution is 0.578. The lowest BCUT2D eigenvalue weighted by Gasteiger charge is -2.17. The van der Waals surface area contributed by atoms with Crippen LogP contribution in [0, 0.1) is 13.8 Å². The van der Waals surface area contributed by atoms with Gasteiger partial charge in [-0.05, 0) is 57.4 Å². The van der Waals surface area contributed by atoms with Crippen LogP contribution in [0.15, 0.2) is 30.4 Å². The van der Waals surface area contributed by atoms with Gasteiger partial charge in [0.1, 0.15) is 0 Å². The largest absolute Gasteiger partial charge is 0.310 e. The van der Waals surface area contributed by atoms with Gasteiger partial charge < -0.3 is 5.32 Å². The second kappa shape index (κ2) is 6.49. The standard InChI is InChI=1S/C15H23N/c1-5-6-7-11-16-14(4)15-10-8-9-12(2)13(15)3/h5-6,8-10,14,16H,7,11H2,1-4H3/b6-5+. The summed E-state index contributed by atoms with van der Waals surface area (Å²) in [4.78, 5) is 0. The van der Waals surface area contributed by atoms with Gasteiger partial charge in [-0.15, -0.1) is 0 Å². The molecule has 1 nitrogen and oxygen atoms in total. The molecule has 0 saturated heterocycles. The van der Waals surface area contributed by atoms with E-state index in [1.807, 2.05) is 0 Å². The first-order valence-corrected chi connectivity index (χ1v) is 6.07. The molecule has 0 saturated carbocycles. The molecule has 0 aromatic heterocycles. The lowest BCUT2D eigenvalue weighted by atomic mass is 9.98. The van der Waals surface area contributed by atoms with Crippen molar-refractivity contribution >= 4 is 0 Å². The van der Waals surface area contributed by atoms with E-state index in [1.165, 1.54) is 16.7 Å². The zero-order valence-corrected chi connectivity index (χ0v) is 10.9. The van der Waals surface area contributed by atoms with Crippen LogP contribution in [0.25, 0.3) is 0 Å². The van der Waals surface area contributed by atoms with Gasteiger partial charge in [-0.1, -0.05) is 30.4 Å². The molecule has 16 heavy (non-hydrogen) atoms. The van der Waals surface area contributed by atoms with Crippen molar-refractivity contribution in [3.63, 3.8) is 0 Å². The summed E-state index contributed by atoms with van der Waals surface area (Å²) in [5.41, 5.74) is 4.20. The van der Waals surface area contributed by atoms with Gasteiger partial charge in [0.15, 0.2) is 0 Å². The predicted molar refractivity (Wildman–Crippen MR) is 71.8 cm³/mol. The van der Waals surface area contributed by atoms with Crippen molar-refractivity contribution < 1.29 is 0 Å². The number of hydrogen-bond donors (Lipinski definition) is 1. The molecule has 0 radical (unpaired) electrons. The van der Waals surface area contributed by atoms with Crippen LogP contribution < -0.4 is 5.32 Å². The first-order chi connectivity index (χ1) is 7.66. The monoisotopic (exact) mass is 217 g/mol. The number of nitrogens with one attached hydrogen (secondary N) is 1. The Hall–Kier alpha value is -1.08. The minimum absolute atomic E-state index is 0.435. The van der Waals surface area contributed by atoms with Gasteiger partial charge in [0.25, 0.3) is 0 Å². The fourth-order valence-electron chi connectivity index (χ4n) is 1.90. The summed E-state index contributed by atoms with van der Waals surface area (Å²) >= 11 is 0. The van der Waals surface area contributed by atoms with E-state index in [-0.39, 0.29) is 0 Å². The van der Waals surface area contributed by atoms with Crippen LogP contribution in [0.1, 0.15) is 43.0 Å². The summed E-state index contributed by atoms with van der Waals surface area (Å²) in [5, 5.41) is 3.55. The van der Waals surface area contributed by atoms with E-state index in [4.69, 9.17) is 0 Å². The highest BCUT2D eigenvalue weighted by atomic mass is 14.9. The smallest absolute Gasteiger partial charge is 0.0294 e. The molecule has 0 heterocycles. The van der Waals surface area contributed by atoms with E-state index >= 15 is 0 Å². The van der Waals surface area contributed by atoms with Crippen molar-refractivity contribution in [3.05, 3.63) is 47.0 Å². The molecule has 1 rings (SSSR count). The molecule has 0 amide bonds. The molecule has 0 bridgehead atoms. The van der Waals surface area contributed by atoms with Crippen LogP contribution in [-0.2, 0) is 0 Å². The molecule has 0 aliphatic heterocycles. The molecule has 88 valence electrons. The van der Waals surface area contributed by atoms with Crippen molar-refractivity contribution in [2.24, 2.45) is 0 Å². The summed E-state index contributed by atoms with van der Waals surface area (Å²) in [7, 11) is 0. The average molecular weight is 217 g/mol. The highest BCUT2D eigenvalue weighted by Gasteiger charge is 2.07. The van der Waals surface area contributed by atoms with E-state index < -0.39 is 0 Å². The van der Waals surface area contributed by atoms with E-state index in [2.05, 4.69) is 63.4 Å². The van der Waals surface area contributed by atoms with Gasteiger partial charge in [-0.25, -0.2) is 0 Å². The Kier molecular flexibility index (Phi) is 5.27. The van der Waals surface area contributed by atoms with Crippen molar-refractivity contribution in [2.45, 2.75) is 40.2 Å². The third kappa shape index (κ3) is 3.49. The zero-order chi connectivity index (χ0) is 12.0. The van der Waals surface area contributed by atoms with E-state index in [0.717, 1.165) is 13.0 Å². The van der Waals surface area contributed by atoms with Crippen LogP contribution in [0.2, 0.25) is 0 Å². The first kappa shape index (κ1) is 13.0. The first-order valence-electron chi connectivity index (χ1n) is 6.07. The lowest BCUT2D eigenvalue weighted by Crippen LogP contribution is -2.20. The molecule has 1 unspecified atom stereocenters. The number of benzene rings is 1. The predicted octanol–water partition coefficient (Wildman–Crippen LogP) is 3.92. The molecular weight excluding hydrogens is 194 g/mol. The van der Waals surface area contributed by atoms with Gasteiger partial charge in [-0.3, -0.25) is 0 Å². The molecule has 0 aliphatic carbocycles. The molecule has 0 aliphatic rings. The second-order valence-corrected chi connectivity index (χ2v) is 4.32. The van der Waals surface area contributed by atoms with Gasteiger partial charge in [0, 0.05) is 6.04 Å². The van der Waals surface area contributed by atoms with E-state index in [0.29, 0.717) is 6.04 Å². The van der Waals surface area contributed by atoms with Crippen molar-refractivity contribution in [1.82, 2.24) is 5.32 Å². The molecule has 1 heteroatoms. The van der Waals surface area contributed by atoms with Gasteiger partial charge >= 0.3 is 0 Å². The normalized spacial score (nSPS) is 13.2. The molecule has 1 aromatic rings. The quantitative estimate of drug-likeness (QED) is 0.582. The molecule has 0 spiro atoms. The molecule has 0 fully saturated rings. The second-order valence-electron chi connectivity index (χ2n) is 4.32. The highest BCUT2D eigenvalue weighted by molar-refractivity contribution is 5.34. The third-order valence-electron chi connectivity index (χ3n) is 3.11. The Morgan fingerprint density at radius 3 is 2.75 bits per heavy atom. The number of aryl methyl sites for hydroxylation is 1. The maximum atomic E-state index is 3.55. The van der Waals surface area contributed by atoms with Gasteiger partial charge in [0.2, 0.25) is 0 Å². The minimum atomic E-state index is 0.435. The molecule has 1 atom stereocenters. The van der Waals surface area contributed by atoms with Crippen molar-refractivity contribution in [1.29, 1.82) is 0 Å². The summed E-state index contributed by atoms with van der Waals surface area (Å²) in [5.74, 6) is 0. The van der Waals surface area contributed by atoms with Gasteiger partial charge in [-0.2, -0.15) is 0 Å². The number of hydrogen-bond acceptors (Lipinski definition) is 1. The topological polar surface area (TPSA) is 12.0 Å². The van der Waals surface area contributed by atoms with Crippen LogP contribution in [0.4, 0.5) is 0 Å². The summed E-state index contributed by atoms with van der Waals surface area (Å²) in [6, 6.07) is 6.97. The Balaban J connectivity index is 2.59. The zero-order valence-electron chi connectivity index (χ0n) is 10.9. The summed E-state index contributed by atoms with van der Waals surface area (Å²) in [6.45, 7) is 9.71. The molecule has 1 aromatic carbocycles. The maximum Gasteiger partial charge on any atom is 0.0294 e. The van der Waals surface area contributed by atoms with Crippen LogP contribution in [0.5, 0.6) is 0 Å².